The number of aromatic amines is 1. The topological polar surface area (TPSA) is 99.3 Å². The molecule has 4 aliphatic rings. The lowest BCUT2D eigenvalue weighted by Crippen LogP contribution is -2.48. The summed E-state index contributed by atoms with van der Waals surface area (Å²) in [6.07, 6.45) is -3.94. The monoisotopic (exact) mass is 551 g/mol. The summed E-state index contributed by atoms with van der Waals surface area (Å²) in [6.45, 7) is 4.11. The van der Waals surface area contributed by atoms with E-state index in [9.17, 15) is 32.3 Å². The quantitative estimate of drug-likeness (QED) is 0.558. The van der Waals surface area contributed by atoms with Gasteiger partial charge in [-0.1, -0.05) is 31.3 Å². The molecule has 3 amide bonds. The van der Waals surface area contributed by atoms with E-state index in [1.165, 1.54) is 28.4 Å². The molecule has 6 atom stereocenters. The SMILES string of the molecule is CC1(C)c2sc(=O)[nH]c2S[C@H]2[C@@H]3C[C@H]([C@H]4C(=O)N(CCC(=O)Nc5cccc(C(F)(F)F)c5)C(=O)[C@H]34)[C@@H]21. The number of rotatable bonds is 4. The molecule has 2 aliphatic heterocycles. The summed E-state index contributed by atoms with van der Waals surface area (Å²) < 4.78 is 38.8. The zero-order valence-electron chi connectivity index (χ0n) is 19.9. The highest BCUT2D eigenvalue weighted by molar-refractivity contribution is 8.00. The second kappa shape index (κ2) is 8.20. The van der Waals surface area contributed by atoms with E-state index in [1.807, 2.05) is 0 Å². The lowest BCUT2D eigenvalue weighted by Gasteiger charge is -2.47. The molecule has 2 N–H and O–H groups in total. The number of imide groups is 1. The molecule has 3 fully saturated rings. The third-order valence-electron chi connectivity index (χ3n) is 8.52. The number of nitrogens with zero attached hydrogens (tertiary/aromatic N) is 1. The minimum absolute atomic E-state index is 0.00246. The van der Waals surface area contributed by atoms with Crippen molar-refractivity contribution in [2.45, 2.75) is 48.6 Å². The standard InChI is InChI=1S/C25H24F3N3O4S2/c1-24(2)17-12-9-13(18(17)36-20-19(24)37-23(35)30-20)16-15(12)21(33)31(22(16)34)7-6-14(32)29-11-5-3-4-10(8-11)25(26,27)28/h3-5,8,12-13,15-18H,6-7,9H2,1-2H3,(H,29,32)(H,30,35)/t12-,13-,15-,16-,17+,18+/m1/s1. The largest absolute Gasteiger partial charge is 0.416 e. The zero-order chi connectivity index (χ0) is 26.4. The van der Waals surface area contributed by atoms with E-state index in [-0.39, 0.29) is 63.8 Å². The van der Waals surface area contributed by atoms with Crippen molar-refractivity contribution in [2.24, 2.45) is 29.6 Å². The van der Waals surface area contributed by atoms with Crippen molar-refractivity contribution in [3.63, 3.8) is 0 Å². The molecular weight excluding hydrogens is 527 g/mol. The molecule has 1 saturated heterocycles. The van der Waals surface area contributed by atoms with Crippen molar-refractivity contribution in [1.82, 2.24) is 9.88 Å². The van der Waals surface area contributed by atoms with E-state index in [2.05, 4.69) is 24.1 Å². The Labute approximate surface area is 218 Å². The number of alkyl halides is 3. The number of benzene rings is 1. The van der Waals surface area contributed by atoms with Gasteiger partial charge in [-0.05, 0) is 42.4 Å². The molecule has 1 aromatic heterocycles. The molecule has 7 nitrogen and oxygen atoms in total. The average Bonchev–Trinajstić information content (AvgIpc) is 3.54. The van der Waals surface area contributed by atoms with Gasteiger partial charge in [0.2, 0.25) is 17.7 Å². The molecule has 37 heavy (non-hydrogen) atoms. The summed E-state index contributed by atoms with van der Waals surface area (Å²) in [5.74, 6) is -1.77. The first-order valence-corrected chi connectivity index (χ1v) is 13.8. The van der Waals surface area contributed by atoms with Gasteiger partial charge in [-0.2, -0.15) is 13.2 Å². The Hall–Kier alpha value is -2.60. The summed E-state index contributed by atoms with van der Waals surface area (Å²) >= 11 is 2.83. The van der Waals surface area contributed by atoms with E-state index in [0.717, 1.165) is 28.5 Å². The average molecular weight is 552 g/mol. The molecule has 0 radical (unpaired) electrons. The number of fused-ring (bicyclic) bond motifs is 9. The van der Waals surface area contributed by atoms with Gasteiger partial charge in [-0.15, -0.1) is 11.8 Å². The number of halogens is 3. The van der Waals surface area contributed by atoms with Crippen molar-refractivity contribution in [1.29, 1.82) is 0 Å². The van der Waals surface area contributed by atoms with Gasteiger partial charge in [-0.25, -0.2) is 0 Å². The first-order valence-electron chi connectivity index (χ1n) is 12.1. The number of hydrogen-bond donors (Lipinski definition) is 2. The molecule has 2 saturated carbocycles. The molecule has 0 spiro atoms. The molecule has 6 rings (SSSR count). The summed E-state index contributed by atoms with van der Waals surface area (Å²) in [5, 5.41) is 3.42. The maximum Gasteiger partial charge on any atom is 0.416 e. The Balaban J connectivity index is 1.16. The maximum absolute atomic E-state index is 13.4. The number of nitrogens with one attached hydrogen (secondary N) is 2. The van der Waals surface area contributed by atoms with Gasteiger partial charge in [-0.3, -0.25) is 24.1 Å². The number of hydrogen-bond acceptors (Lipinski definition) is 6. The lowest BCUT2D eigenvalue weighted by atomic mass is 9.64. The first kappa shape index (κ1) is 24.7. The van der Waals surface area contributed by atoms with Crippen LogP contribution in [-0.2, 0) is 26.0 Å². The van der Waals surface area contributed by atoms with Crippen molar-refractivity contribution < 1.29 is 27.6 Å². The molecular formula is C25H24F3N3O4S2. The van der Waals surface area contributed by atoms with E-state index in [4.69, 9.17) is 0 Å². The summed E-state index contributed by atoms with van der Waals surface area (Å²) in [5.41, 5.74) is -1.18. The number of thiazole rings is 1. The van der Waals surface area contributed by atoms with Crippen LogP contribution in [0.1, 0.15) is 37.1 Å². The minimum Gasteiger partial charge on any atom is -0.326 e. The van der Waals surface area contributed by atoms with Gasteiger partial charge in [0.05, 0.1) is 22.4 Å². The number of amides is 3. The van der Waals surface area contributed by atoms with Crippen LogP contribution in [-0.4, -0.2) is 39.4 Å². The fourth-order valence-corrected chi connectivity index (χ4v) is 10.3. The van der Waals surface area contributed by atoms with Gasteiger partial charge in [0.1, 0.15) is 0 Å². The smallest absolute Gasteiger partial charge is 0.326 e. The van der Waals surface area contributed by atoms with Crippen LogP contribution in [0.2, 0.25) is 0 Å². The summed E-state index contributed by atoms with van der Waals surface area (Å²) in [7, 11) is 0. The fraction of sp³-hybridized carbons (Fsp3) is 0.520. The minimum atomic E-state index is -4.53. The predicted molar refractivity (Wildman–Crippen MR) is 131 cm³/mol. The van der Waals surface area contributed by atoms with Crippen LogP contribution in [0.25, 0.3) is 0 Å². The van der Waals surface area contributed by atoms with Crippen LogP contribution in [0.15, 0.2) is 34.1 Å². The Morgan fingerprint density at radius 2 is 1.86 bits per heavy atom. The second-order valence-electron chi connectivity index (χ2n) is 10.8. The third-order valence-corrected chi connectivity index (χ3v) is 11.3. The number of carbonyl (C=O) groups is 3. The van der Waals surface area contributed by atoms with Crippen LogP contribution >= 0.6 is 23.1 Å². The highest BCUT2D eigenvalue weighted by atomic mass is 32.2. The van der Waals surface area contributed by atoms with Gasteiger partial charge in [0, 0.05) is 34.2 Å². The third kappa shape index (κ3) is 3.70. The van der Waals surface area contributed by atoms with Crippen molar-refractivity contribution in [2.75, 3.05) is 11.9 Å². The second-order valence-corrected chi connectivity index (χ2v) is 13.0. The Morgan fingerprint density at radius 1 is 1.16 bits per heavy atom. The molecule has 196 valence electrons. The number of H-pyrrole nitrogens is 1. The molecule has 1 aromatic carbocycles. The van der Waals surface area contributed by atoms with Crippen molar-refractivity contribution in [3.05, 3.63) is 44.4 Å². The van der Waals surface area contributed by atoms with Crippen LogP contribution in [0.5, 0.6) is 0 Å². The van der Waals surface area contributed by atoms with Gasteiger partial charge in [0.15, 0.2) is 0 Å². The van der Waals surface area contributed by atoms with Crippen LogP contribution in [0.3, 0.4) is 0 Å². The van der Waals surface area contributed by atoms with Crippen LogP contribution < -0.4 is 10.2 Å². The highest BCUT2D eigenvalue weighted by Gasteiger charge is 2.70. The Bertz CT molecular complexity index is 1380. The molecule has 2 bridgehead atoms. The zero-order valence-corrected chi connectivity index (χ0v) is 21.6. The maximum atomic E-state index is 13.4. The first-order chi connectivity index (χ1) is 17.4. The van der Waals surface area contributed by atoms with E-state index in [1.54, 1.807) is 11.8 Å². The number of carbonyl (C=O) groups excluding carboxylic acids is 3. The lowest BCUT2D eigenvalue weighted by molar-refractivity contribution is -0.141. The summed E-state index contributed by atoms with van der Waals surface area (Å²) in [6, 6.07) is 4.32. The van der Waals surface area contributed by atoms with Crippen molar-refractivity contribution in [3.8, 4) is 0 Å². The molecule has 3 heterocycles. The predicted octanol–water partition coefficient (Wildman–Crippen LogP) is 4.10. The number of anilines is 1. The summed E-state index contributed by atoms with van der Waals surface area (Å²) in [4.78, 5) is 56.3. The number of likely N-dealkylation sites (tertiary alicyclic amines) is 1. The van der Waals surface area contributed by atoms with Gasteiger partial charge >= 0.3 is 11.0 Å². The molecule has 2 aliphatic carbocycles. The van der Waals surface area contributed by atoms with Gasteiger partial charge in [0.25, 0.3) is 0 Å². The molecule has 12 heteroatoms. The van der Waals surface area contributed by atoms with Crippen LogP contribution in [0, 0.1) is 29.6 Å². The molecule has 2 aromatic rings. The molecule has 0 unspecified atom stereocenters. The number of aromatic nitrogens is 1. The Kier molecular flexibility index (Phi) is 5.48. The van der Waals surface area contributed by atoms with Gasteiger partial charge < -0.3 is 10.3 Å². The highest BCUT2D eigenvalue weighted by Crippen LogP contribution is 2.68. The van der Waals surface area contributed by atoms with Crippen molar-refractivity contribution >= 4 is 46.5 Å². The fourth-order valence-electron chi connectivity index (χ4n) is 7.15. The van der Waals surface area contributed by atoms with Crippen LogP contribution in [0.4, 0.5) is 18.9 Å². The number of thioether (sulfide) groups is 1. The van der Waals surface area contributed by atoms with E-state index < -0.39 is 29.5 Å². The van der Waals surface area contributed by atoms with E-state index in [0.29, 0.717) is 0 Å². The normalized spacial score (nSPS) is 31.3. The van der Waals surface area contributed by atoms with E-state index >= 15 is 0 Å². The Morgan fingerprint density at radius 3 is 2.57 bits per heavy atom.